The van der Waals surface area contributed by atoms with Gasteiger partial charge in [0.2, 0.25) is 5.88 Å². The van der Waals surface area contributed by atoms with Crippen molar-refractivity contribution in [2.75, 3.05) is 11.9 Å². The Hall–Kier alpha value is -1.32. The molecule has 1 aromatic rings. The lowest BCUT2D eigenvalue weighted by atomic mass is 9.89. The Morgan fingerprint density at radius 2 is 2.00 bits per heavy atom. The highest BCUT2D eigenvalue weighted by molar-refractivity contribution is 5.38. The second kappa shape index (κ2) is 6.03. The van der Waals surface area contributed by atoms with Crippen molar-refractivity contribution < 1.29 is 4.74 Å². The van der Waals surface area contributed by atoms with Crippen molar-refractivity contribution in [2.45, 2.75) is 52.6 Å². The summed E-state index contributed by atoms with van der Waals surface area (Å²) in [6, 6.07) is 1.90. The van der Waals surface area contributed by atoms with Crippen LogP contribution in [-0.2, 0) is 0 Å². The van der Waals surface area contributed by atoms with E-state index < -0.39 is 0 Å². The van der Waals surface area contributed by atoms with Crippen molar-refractivity contribution in [1.82, 2.24) is 9.97 Å². The van der Waals surface area contributed by atoms with Gasteiger partial charge in [0, 0.05) is 12.6 Å². The van der Waals surface area contributed by atoms with E-state index >= 15 is 0 Å². The zero-order chi connectivity index (χ0) is 13.0. The van der Waals surface area contributed by atoms with E-state index in [2.05, 4.69) is 29.1 Å². The third-order valence-electron chi connectivity index (χ3n) is 3.42. The molecule has 4 heteroatoms. The summed E-state index contributed by atoms with van der Waals surface area (Å²) >= 11 is 0. The van der Waals surface area contributed by atoms with Crippen LogP contribution in [0, 0.1) is 12.8 Å². The molecule has 1 saturated carbocycles. The van der Waals surface area contributed by atoms with Crippen LogP contribution < -0.4 is 10.1 Å². The summed E-state index contributed by atoms with van der Waals surface area (Å²) in [6.45, 7) is 7.13. The molecule has 0 amide bonds. The molecule has 2 rings (SSSR count). The van der Waals surface area contributed by atoms with E-state index in [9.17, 15) is 0 Å². The molecule has 0 radical (unpaired) electrons. The first-order chi connectivity index (χ1) is 8.67. The molecule has 0 saturated heterocycles. The Balaban J connectivity index is 2.00. The highest BCUT2D eigenvalue weighted by atomic mass is 16.5. The van der Waals surface area contributed by atoms with Crippen molar-refractivity contribution in [3.05, 3.63) is 11.9 Å². The fourth-order valence-corrected chi connectivity index (χ4v) is 2.39. The quantitative estimate of drug-likeness (QED) is 0.890. The second-order valence-electron chi connectivity index (χ2n) is 5.17. The number of anilines is 1. The maximum atomic E-state index is 5.98. The molecule has 1 aliphatic rings. The number of ether oxygens (including phenoxy) is 1. The summed E-state index contributed by atoms with van der Waals surface area (Å²) in [6.07, 6.45) is 5.12. The van der Waals surface area contributed by atoms with E-state index in [0.29, 0.717) is 12.0 Å². The van der Waals surface area contributed by atoms with Crippen LogP contribution in [0.25, 0.3) is 0 Å². The Morgan fingerprint density at radius 3 is 2.67 bits per heavy atom. The van der Waals surface area contributed by atoms with Gasteiger partial charge in [-0.05, 0) is 45.4 Å². The van der Waals surface area contributed by atoms with Gasteiger partial charge in [-0.15, -0.1) is 0 Å². The van der Waals surface area contributed by atoms with Crippen molar-refractivity contribution in [2.24, 2.45) is 5.92 Å². The van der Waals surface area contributed by atoms with E-state index in [1.807, 2.05) is 13.0 Å². The number of aryl methyl sites for hydroxylation is 1. The minimum absolute atomic E-state index is 0.324. The highest BCUT2D eigenvalue weighted by Crippen LogP contribution is 2.27. The first kappa shape index (κ1) is 13.1. The molecule has 1 aromatic heterocycles. The van der Waals surface area contributed by atoms with Gasteiger partial charge in [-0.1, -0.05) is 6.92 Å². The largest absolute Gasteiger partial charge is 0.474 e. The zero-order valence-electron chi connectivity index (χ0n) is 11.6. The molecule has 4 nitrogen and oxygen atoms in total. The third-order valence-corrected chi connectivity index (χ3v) is 3.42. The molecular formula is C14H23N3O. The van der Waals surface area contributed by atoms with Gasteiger partial charge >= 0.3 is 0 Å². The molecule has 100 valence electrons. The van der Waals surface area contributed by atoms with Crippen molar-refractivity contribution >= 4 is 5.82 Å². The molecule has 0 unspecified atom stereocenters. The predicted molar refractivity (Wildman–Crippen MR) is 73.0 cm³/mol. The summed E-state index contributed by atoms with van der Waals surface area (Å²) in [4.78, 5) is 8.68. The maximum absolute atomic E-state index is 5.98. The van der Waals surface area contributed by atoms with Crippen LogP contribution in [0.5, 0.6) is 5.88 Å². The van der Waals surface area contributed by atoms with Crippen molar-refractivity contribution in [3.63, 3.8) is 0 Å². The van der Waals surface area contributed by atoms with E-state index in [0.717, 1.165) is 36.9 Å². The summed E-state index contributed by atoms with van der Waals surface area (Å²) < 4.78 is 5.98. The van der Waals surface area contributed by atoms with E-state index in [1.165, 1.54) is 12.8 Å². The molecule has 0 aromatic carbocycles. The minimum Gasteiger partial charge on any atom is -0.474 e. The smallest absolute Gasteiger partial charge is 0.218 e. The molecule has 0 atom stereocenters. The third kappa shape index (κ3) is 3.59. The molecule has 1 fully saturated rings. The first-order valence-corrected chi connectivity index (χ1v) is 6.93. The average Bonchev–Trinajstić information content (AvgIpc) is 2.32. The molecule has 1 N–H and O–H groups in total. The molecule has 0 spiro atoms. The number of hydrogen-bond donors (Lipinski definition) is 1. The van der Waals surface area contributed by atoms with Crippen LogP contribution in [0.1, 0.15) is 45.4 Å². The van der Waals surface area contributed by atoms with Crippen LogP contribution in [0.4, 0.5) is 5.82 Å². The number of nitrogens with zero attached hydrogens (tertiary/aromatic N) is 2. The molecule has 18 heavy (non-hydrogen) atoms. The van der Waals surface area contributed by atoms with Gasteiger partial charge in [0.1, 0.15) is 17.7 Å². The maximum Gasteiger partial charge on any atom is 0.218 e. The number of rotatable bonds is 4. The van der Waals surface area contributed by atoms with E-state index in [1.54, 1.807) is 0 Å². The summed E-state index contributed by atoms with van der Waals surface area (Å²) in [5.74, 6) is 3.16. The molecule has 1 heterocycles. The molecular weight excluding hydrogens is 226 g/mol. The fourth-order valence-electron chi connectivity index (χ4n) is 2.39. The van der Waals surface area contributed by atoms with Crippen LogP contribution in [-0.4, -0.2) is 22.6 Å². The van der Waals surface area contributed by atoms with E-state index in [4.69, 9.17) is 4.74 Å². The van der Waals surface area contributed by atoms with Gasteiger partial charge < -0.3 is 10.1 Å². The number of hydrogen-bond acceptors (Lipinski definition) is 4. The van der Waals surface area contributed by atoms with E-state index in [-0.39, 0.29) is 0 Å². The van der Waals surface area contributed by atoms with Gasteiger partial charge in [0.05, 0.1) is 0 Å². The van der Waals surface area contributed by atoms with Crippen molar-refractivity contribution in [3.8, 4) is 5.88 Å². The lowest BCUT2D eigenvalue weighted by molar-refractivity contribution is 0.130. The molecule has 1 aliphatic carbocycles. The average molecular weight is 249 g/mol. The fraction of sp³-hybridized carbons (Fsp3) is 0.714. The van der Waals surface area contributed by atoms with Gasteiger partial charge in [-0.25, -0.2) is 4.98 Å². The second-order valence-corrected chi connectivity index (χ2v) is 5.17. The Morgan fingerprint density at radius 1 is 1.28 bits per heavy atom. The van der Waals surface area contributed by atoms with Crippen LogP contribution in [0.15, 0.2) is 6.07 Å². The Bertz CT molecular complexity index is 387. The van der Waals surface area contributed by atoms with Crippen LogP contribution >= 0.6 is 0 Å². The topological polar surface area (TPSA) is 47.0 Å². The minimum atomic E-state index is 0.324. The summed E-state index contributed by atoms with van der Waals surface area (Å²) in [5, 5.41) is 3.20. The Kier molecular flexibility index (Phi) is 4.39. The first-order valence-electron chi connectivity index (χ1n) is 6.93. The van der Waals surface area contributed by atoms with Crippen molar-refractivity contribution in [1.29, 1.82) is 0 Å². The predicted octanol–water partition coefficient (Wildman–Crippen LogP) is 3.17. The lowest BCUT2D eigenvalue weighted by Gasteiger charge is -2.26. The van der Waals surface area contributed by atoms with Gasteiger partial charge in [0.25, 0.3) is 0 Å². The van der Waals surface area contributed by atoms with Gasteiger partial charge in [-0.3, -0.25) is 0 Å². The number of nitrogens with one attached hydrogen (secondary N) is 1. The standard InChI is InChI=1S/C14H23N3O/c1-4-15-13-9-14(17-11(3)16-13)18-12-7-5-10(2)6-8-12/h9-10,12H,4-8H2,1-3H3,(H,15,16,17). The molecule has 0 bridgehead atoms. The zero-order valence-corrected chi connectivity index (χ0v) is 11.6. The van der Waals surface area contributed by atoms with Gasteiger partial charge in [0.15, 0.2) is 0 Å². The SMILES string of the molecule is CCNc1cc(OC2CCC(C)CC2)nc(C)n1. The van der Waals surface area contributed by atoms with Gasteiger partial charge in [-0.2, -0.15) is 4.98 Å². The summed E-state index contributed by atoms with van der Waals surface area (Å²) in [7, 11) is 0. The number of aromatic nitrogens is 2. The molecule has 0 aliphatic heterocycles. The Labute approximate surface area is 109 Å². The normalized spacial score (nSPS) is 23.7. The highest BCUT2D eigenvalue weighted by Gasteiger charge is 2.20. The van der Waals surface area contributed by atoms with Crippen LogP contribution in [0.3, 0.4) is 0 Å². The lowest BCUT2D eigenvalue weighted by Crippen LogP contribution is -2.23. The summed E-state index contributed by atoms with van der Waals surface area (Å²) in [5.41, 5.74) is 0. The van der Waals surface area contributed by atoms with Crippen LogP contribution in [0.2, 0.25) is 0 Å². The monoisotopic (exact) mass is 249 g/mol.